The summed E-state index contributed by atoms with van der Waals surface area (Å²) in [6.45, 7) is 9.68. The van der Waals surface area contributed by atoms with E-state index in [9.17, 15) is 9.59 Å². The predicted molar refractivity (Wildman–Crippen MR) is 144 cm³/mol. The predicted octanol–water partition coefficient (Wildman–Crippen LogP) is 5.95. The van der Waals surface area contributed by atoms with Gasteiger partial charge < -0.3 is 10.2 Å². The lowest BCUT2D eigenvalue weighted by atomic mass is 10.1. The van der Waals surface area contributed by atoms with Crippen molar-refractivity contribution in [2.45, 2.75) is 40.7 Å². The lowest BCUT2D eigenvalue weighted by molar-refractivity contribution is -0.117. The largest absolute Gasteiger partial charge is 0.327 e. The first-order valence-corrected chi connectivity index (χ1v) is 12.1. The van der Waals surface area contributed by atoms with Crippen LogP contribution in [0, 0.1) is 20.8 Å². The summed E-state index contributed by atoms with van der Waals surface area (Å²) in [7, 11) is 0. The molecule has 3 aromatic carbocycles. The molecule has 0 saturated carbocycles. The van der Waals surface area contributed by atoms with E-state index in [1.165, 1.54) is 0 Å². The molecule has 6 nitrogen and oxygen atoms in total. The highest BCUT2D eigenvalue weighted by atomic mass is 16.2. The molecule has 1 aromatic heterocycles. The van der Waals surface area contributed by atoms with Gasteiger partial charge in [0, 0.05) is 17.2 Å². The van der Waals surface area contributed by atoms with Crippen LogP contribution in [0.5, 0.6) is 0 Å². The molecule has 0 aliphatic rings. The summed E-state index contributed by atoms with van der Waals surface area (Å²) in [5, 5.41) is 7.89. The number of carbonyl (C=O) groups excluding carboxylic acids is 2. The number of hydrogen-bond donors (Lipinski definition) is 1. The number of anilines is 1. The van der Waals surface area contributed by atoms with Crippen molar-refractivity contribution in [3.8, 4) is 16.8 Å². The number of benzene rings is 3. The van der Waals surface area contributed by atoms with E-state index in [0.717, 1.165) is 33.6 Å². The van der Waals surface area contributed by atoms with Gasteiger partial charge in [-0.25, -0.2) is 4.68 Å². The topological polar surface area (TPSA) is 67.2 Å². The fourth-order valence-electron chi connectivity index (χ4n) is 4.25. The zero-order valence-corrected chi connectivity index (χ0v) is 21.4. The Kier molecular flexibility index (Phi) is 7.34. The van der Waals surface area contributed by atoms with Crippen LogP contribution in [0.1, 0.15) is 41.0 Å². The van der Waals surface area contributed by atoms with E-state index < -0.39 is 0 Å². The summed E-state index contributed by atoms with van der Waals surface area (Å²) >= 11 is 0. The van der Waals surface area contributed by atoms with Crippen molar-refractivity contribution in [2.24, 2.45) is 0 Å². The number of carbonyl (C=O) groups is 2. The monoisotopic (exact) mass is 480 g/mol. The second kappa shape index (κ2) is 10.6. The van der Waals surface area contributed by atoms with Crippen LogP contribution in [0.15, 0.2) is 78.9 Å². The third kappa shape index (κ3) is 5.23. The number of hydrogen-bond acceptors (Lipinski definition) is 3. The van der Waals surface area contributed by atoms with Gasteiger partial charge in [-0.15, -0.1) is 0 Å². The highest BCUT2D eigenvalue weighted by Gasteiger charge is 2.25. The van der Waals surface area contributed by atoms with E-state index in [2.05, 4.69) is 5.32 Å². The van der Waals surface area contributed by atoms with Gasteiger partial charge >= 0.3 is 0 Å². The molecule has 4 aromatic rings. The van der Waals surface area contributed by atoms with Gasteiger partial charge in [-0.05, 0) is 63.9 Å². The Morgan fingerprint density at radius 1 is 0.889 bits per heavy atom. The van der Waals surface area contributed by atoms with E-state index in [1.54, 1.807) is 21.7 Å². The van der Waals surface area contributed by atoms with Crippen molar-refractivity contribution in [2.75, 3.05) is 11.9 Å². The highest BCUT2D eigenvalue weighted by Crippen LogP contribution is 2.34. The molecule has 1 heterocycles. The van der Waals surface area contributed by atoms with Gasteiger partial charge in [0.05, 0.1) is 11.4 Å². The Hall–Kier alpha value is -4.19. The van der Waals surface area contributed by atoms with Gasteiger partial charge in [-0.1, -0.05) is 66.2 Å². The number of aromatic nitrogens is 2. The zero-order chi connectivity index (χ0) is 25.8. The second-order valence-electron chi connectivity index (χ2n) is 9.31. The molecule has 0 bridgehead atoms. The maximum atomic E-state index is 13.4. The van der Waals surface area contributed by atoms with Crippen LogP contribution in [0.25, 0.3) is 16.8 Å². The average molecular weight is 481 g/mol. The van der Waals surface area contributed by atoms with Crippen LogP contribution in [0.4, 0.5) is 5.82 Å². The number of nitrogens with zero attached hydrogens (tertiary/aromatic N) is 3. The molecule has 36 heavy (non-hydrogen) atoms. The van der Waals surface area contributed by atoms with Crippen LogP contribution in [0.2, 0.25) is 0 Å². The first-order chi connectivity index (χ1) is 17.3. The van der Waals surface area contributed by atoms with E-state index in [-0.39, 0.29) is 24.4 Å². The highest BCUT2D eigenvalue weighted by molar-refractivity contribution is 6.01. The van der Waals surface area contributed by atoms with E-state index in [4.69, 9.17) is 5.10 Å². The van der Waals surface area contributed by atoms with Crippen LogP contribution in [-0.2, 0) is 4.79 Å². The molecule has 6 heteroatoms. The fourth-order valence-corrected chi connectivity index (χ4v) is 4.25. The molecule has 2 amide bonds. The zero-order valence-electron chi connectivity index (χ0n) is 21.4. The van der Waals surface area contributed by atoms with Gasteiger partial charge in [0.2, 0.25) is 5.91 Å². The molecule has 0 aliphatic carbocycles. The molecule has 4 rings (SSSR count). The SMILES string of the molecule is Cc1ccc(C(=O)N(CC(=O)Nc2c(-c3ccccc3)c(C)nn2-c2ccccc2C)C(C)C)cc1. The molecular weight excluding hydrogens is 448 g/mol. The van der Waals surface area contributed by atoms with Crippen LogP contribution < -0.4 is 5.32 Å². The van der Waals surface area contributed by atoms with Crippen molar-refractivity contribution in [1.82, 2.24) is 14.7 Å². The summed E-state index contributed by atoms with van der Waals surface area (Å²) in [5.74, 6) is 0.132. The Morgan fingerprint density at radius 2 is 1.53 bits per heavy atom. The van der Waals surface area contributed by atoms with Crippen LogP contribution >= 0.6 is 0 Å². The van der Waals surface area contributed by atoms with Crippen molar-refractivity contribution in [3.05, 3.63) is 101 Å². The van der Waals surface area contributed by atoms with Gasteiger partial charge in [-0.3, -0.25) is 9.59 Å². The van der Waals surface area contributed by atoms with Crippen LogP contribution in [0.3, 0.4) is 0 Å². The lowest BCUT2D eigenvalue weighted by Gasteiger charge is -2.26. The molecule has 0 unspecified atom stereocenters. The summed E-state index contributed by atoms with van der Waals surface area (Å²) in [4.78, 5) is 28.3. The molecule has 0 fully saturated rings. The van der Waals surface area contributed by atoms with E-state index >= 15 is 0 Å². The first kappa shape index (κ1) is 24.9. The Balaban J connectivity index is 1.70. The van der Waals surface area contributed by atoms with E-state index in [0.29, 0.717) is 11.4 Å². The molecule has 0 saturated heterocycles. The van der Waals surface area contributed by atoms with E-state index in [1.807, 2.05) is 101 Å². The van der Waals surface area contributed by atoms with Crippen molar-refractivity contribution < 1.29 is 9.59 Å². The molecule has 184 valence electrons. The normalized spacial score (nSPS) is 10.9. The fraction of sp³-hybridized carbons (Fsp3) is 0.233. The smallest absolute Gasteiger partial charge is 0.254 e. The number of aryl methyl sites for hydroxylation is 3. The number of amides is 2. The average Bonchev–Trinajstić information content (AvgIpc) is 3.18. The Morgan fingerprint density at radius 3 is 2.17 bits per heavy atom. The van der Waals surface area contributed by atoms with Gasteiger partial charge in [0.15, 0.2) is 0 Å². The maximum Gasteiger partial charge on any atom is 0.254 e. The molecule has 0 spiro atoms. The third-order valence-corrected chi connectivity index (χ3v) is 6.22. The van der Waals surface area contributed by atoms with Gasteiger partial charge in [-0.2, -0.15) is 5.10 Å². The Bertz CT molecular complexity index is 1370. The molecule has 1 N–H and O–H groups in total. The summed E-state index contributed by atoms with van der Waals surface area (Å²) in [6, 6.07) is 25.1. The number of nitrogens with one attached hydrogen (secondary N) is 1. The van der Waals surface area contributed by atoms with Crippen molar-refractivity contribution >= 4 is 17.6 Å². The molecule has 0 aliphatic heterocycles. The maximum absolute atomic E-state index is 13.4. The lowest BCUT2D eigenvalue weighted by Crippen LogP contribution is -2.42. The summed E-state index contributed by atoms with van der Waals surface area (Å²) in [5.41, 5.74) is 6.18. The first-order valence-electron chi connectivity index (χ1n) is 12.1. The number of para-hydroxylation sites is 1. The molecule has 0 atom stereocenters. The minimum Gasteiger partial charge on any atom is -0.327 e. The van der Waals surface area contributed by atoms with Gasteiger partial charge in [0.1, 0.15) is 12.4 Å². The minimum atomic E-state index is -0.281. The third-order valence-electron chi connectivity index (χ3n) is 6.22. The standard InChI is InChI=1S/C30H32N4O2/c1-20(2)33(30(36)25-17-15-21(3)16-18-25)19-27(35)31-29-28(24-12-7-6-8-13-24)23(5)32-34(29)26-14-10-9-11-22(26)4/h6-18,20H,19H2,1-5H3,(H,31,35). The van der Waals surface area contributed by atoms with Crippen LogP contribution in [-0.4, -0.2) is 39.1 Å². The number of rotatable bonds is 7. The summed E-state index contributed by atoms with van der Waals surface area (Å²) < 4.78 is 1.78. The summed E-state index contributed by atoms with van der Waals surface area (Å²) in [6.07, 6.45) is 0. The second-order valence-corrected chi connectivity index (χ2v) is 9.31. The van der Waals surface area contributed by atoms with Crippen molar-refractivity contribution in [3.63, 3.8) is 0 Å². The minimum absolute atomic E-state index is 0.0728. The van der Waals surface area contributed by atoms with Crippen molar-refractivity contribution in [1.29, 1.82) is 0 Å². The molecule has 0 radical (unpaired) electrons. The van der Waals surface area contributed by atoms with Gasteiger partial charge in [0.25, 0.3) is 5.91 Å². The Labute approximate surface area is 212 Å². The molecular formula is C30H32N4O2. The quantitative estimate of drug-likeness (QED) is 0.355.